The topological polar surface area (TPSA) is 71.1 Å². The Kier molecular flexibility index (Phi) is 5.33. The number of benzene rings is 1. The van der Waals surface area contributed by atoms with E-state index in [0.29, 0.717) is 36.5 Å². The second-order valence-electron chi connectivity index (χ2n) is 5.17. The lowest BCUT2D eigenvalue weighted by Gasteiger charge is -2.26. The third kappa shape index (κ3) is 4.48. The molecule has 0 spiro atoms. The number of ether oxygens (including phenoxy) is 1. The summed E-state index contributed by atoms with van der Waals surface area (Å²) >= 11 is 0. The van der Waals surface area contributed by atoms with Crippen molar-refractivity contribution in [2.45, 2.75) is 37.8 Å². The van der Waals surface area contributed by atoms with Crippen molar-refractivity contribution >= 4 is 5.69 Å². The first-order valence-corrected chi connectivity index (χ1v) is 6.99. The Labute approximate surface area is 118 Å². The van der Waals surface area contributed by atoms with Crippen LogP contribution >= 0.6 is 0 Å². The van der Waals surface area contributed by atoms with E-state index in [4.69, 9.17) is 15.7 Å². The minimum absolute atomic E-state index is 0.291. The molecule has 1 aliphatic carbocycles. The third-order valence-electron chi connectivity index (χ3n) is 3.53. The van der Waals surface area contributed by atoms with Crippen LogP contribution in [0.1, 0.15) is 31.2 Å². The fraction of sp³-hybridized carbons (Fsp3) is 0.533. The Bertz CT molecular complexity index is 478. The van der Waals surface area contributed by atoms with Gasteiger partial charge in [0.15, 0.2) is 0 Å². The molecule has 108 valence electrons. The number of halogens is 1. The molecule has 2 rings (SSSR count). The van der Waals surface area contributed by atoms with E-state index in [0.717, 1.165) is 25.7 Å². The summed E-state index contributed by atoms with van der Waals surface area (Å²) in [5.74, 6) is -0.409. The molecule has 0 heterocycles. The third-order valence-corrected chi connectivity index (χ3v) is 3.53. The maximum absolute atomic E-state index is 13.2. The van der Waals surface area contributed by atoms with E-state index in [1.165, 1.54) is 12.1 Å². The summed E-state index contributed by atoms with van der Waals surface area (Å²) in [6, 6.07) is 6.47. The van der Waals surface area contributed by atoms with Crippen molar-refractivity contribution in [2.75, 3.05) is 18.5 Å². The Morgan fingerprint density at radius 2 is 2.05 bits per heavy atom. The average molecular weight is 277 g/mol. The molecule has 0 atom stereocenters. The number of nitrogens with two attached hydrogens (primary N) is 1. The van der Waals surface area contributed by atoms with Crippen molar-refractivity contribution in [1.29, 1.82) is 5.26 Å². The number of nitrogens with zero attached hydrogens (tertiary/aromatic N) is 1. The predicted molar refractivity (Wildman–Crippen MR) is 75.8 cm³/mol. The molecule has 3 N–H and O–H groups in total. The van der Waals surface area contributed by atoms with Gasteiger partial charge in [-0.3, -0.25) is 0 Å². The SMILES string of the molecule is N#Cc1cc(F)cc(NCCOC2CCC(N)CC2)c1. The van der Waals surface area contributed by atoms with Crippen LogP contribution in [0.4, 0.5) is 10.1 Å². The zero-order chi connectivity index (χ0) is 14.4. The second-order valence-corrected chi connectivity index (χ2v) is 5.17. The van der Waals surface area contributed by atoms with E-state index < -0.39 is 5.82 Å². The first kappa shape index (κ1) is 14.8. The van der Waals surface area contributed by atoms with Gasteiger partial charge in [0, 0.05) is 18.3 Å². The Balaban J connectivity index is 1.71. The van der Waals surface area contributed by atoms with E-state index >= 15 is 0 Å². The van der Waals surface area contributed by atoms with Gasteiger partial charge in [0.2, 0.25) is 0 Å². The van der Waals surface area contributed by atoms with Gasteiger partial charge in [-0.2, -0.15) is 5.26 Å². The molecule has 0 bridgehead atoms. The first-order chi connectivity index (χ1) is 9.67. The number of anilines is 1. The summed E-state index contributed by atoms with van der Waals surface area (Å²) in [7, 11) is 0. The van der Waals surface area contributed by atoms with Crippen molar-refractivity contribution in [1.82, 2.24) is 0 Å². The lowest BCUT2D eigenvalue weighted by atomic mass is 9.94. The van der Waals surface area contributed by atoms with Gasteiger partial charge >= 0.3 is 0 Å². The van der Waals surface area contributed by atoms with E-state index in [1.807, 2.05) is 6.07 Å². The summed E-state index contributed by atoms with van der Waals surface area (Å²) in [4.78, 5) is 0. The number of rotatable bonds is 5. The van der Waals surface area contributed by atoms with Crippen molar-refractivity contribution in [3.8, 4) is 6.07 Å². The molecule has 0 aromatic heterocycles. The largest absolute Gasteiger partial charge is 0.383 e. The van der Waals surface area contributed by atoms with Gasteiger partial charge in [-0.1, -0.05) is 0 Å². The molecule has 4 nitrogen and oxygen atoms in total. The van der Waals surface area contributed by atoms with Crippen LogP contribution in [-0.4, -0.2) is 25.3 Å². The predicted octanol–water partition coefficient (Wildman–Crippen LogP) is 2.40. The van der Waals surface area contributed by atoms with Gasteiger partial charge in [0.05, 0.1) is 24.3 Å². The van der Waals surface area contributed by atoms with Crippen LogP contribution in [0.15, 0.2) is 18.2 Å². The highest BCUT2D eigenvalue weighted by atomic mass is 19.1. The van der Waals surface area contributed by atoms with Crippen LogP contribution in [0.5, 0.6) is 0 Å². The molecule has 1 aliphatic rings. The zero-order valence-corrected chi connectivity index (χ0v) is 11.4. The van der Waals surface area contributed by atoms with Gasteiger partial charge in [-0.05, 0) is 43.9 Å². The number of hydrogen-bond acceptors (Lipinski definition) is 4. The van der Waals surface area contributed by atoms with E-state index in [1.54, 1.807) is 6.07 Å². The summed E-state index contributed by atoms with van der Waals surface area (Å²) in [5, 5.41) is 11.8. The first-order valence-electron chi connectivity index (χ1n) is 6.99. The van der Waals surface area contributed by atoms with Gasteiger partial charge in [-0.15, -0.1) is 0 Å². The van der Waals surface area contributed by atoms with Crippen LogP contribution in [0.2, 0.25) is 0 Å². The highest BCUT2D eigenvalue weighted by Gasteiger charge is 2.18. The van der Waals surface area contributed by atoms with Crippen LogP contribution in [0.3, 0.4) is 0 Å². The van der Waals surface area contributed by atoms with E-state index in [2.05, 4.69) is 5.32 Å². The molecular formula is C15H20FN3O. The minimum Gasteiger partial charge on any atom is -0.383 e. The fourth-order valence-electron chi connectivity index (χ4n) is 2.43. The monoisotopic (exact) mass is 277 g/mol. The molecule has 5 heteroatoms. The standard InChI is InChI=1S/C15H20FN3O/c16-12-7-11(10-17)8-14(9-12)19-5-6-20-15-3-1-13(18)2-4-15/h7-9,13,15,19H,1-6,18H2. The molecule has 0 unspecified atom stereocenters. The molecule has 0 saturated heterocycles. The molecule has 0 amide bonds. The molecule has 1 fully saturated rings. The van der Waals surface area contributed by atoms with E-state index in [9.17, 15) is 4.39 Å². The minimum atomic E-state index is -0.409. The summed E-state index contributed by atoms with van der Waals surface area (Å²) < 4.78 is 19.0. The number of hydrogen-bond donors (Lipinski definition) is 2. The van der Waals surface area contributed by atoms with Crippen molar-refractivity contribution < 1.29 is 9.13 Å². The Morgan fingerprint density at radius 1 is 1.30 bits per heavy atom. The normalized spacial score (nSPS) is 22.2. The highest BCUT2D eigenvalue weighted by molar-refractivity contribution is 5.49. The van der Waals surface area contributed by atoms with Gasteiger partial charge in [-0.25, -0.2) is 4.39 Å². The molecule has 1 aromatic rings. The van der Waals surface area contributed by atoms with Crippen molar-refractivity contribution in [3.63, 3.8) is 0 Å². The molecule has 20 heavy (non-hydrogen) atoms. The maximum atomic E-state index is 13.2. The molecule has 0 aliphatic heterocycles. The van der Waals surface area contributed by atoms with E-state index in [-0.39, 0.29) is 0 Å². The lowest BCUT2D eigenvalue weighted by molar-refractivity contribution is 0.0313. The lowest BCUT2D eigenvalue weighted by Crippen LogP contribution is -2.31. The van der Waals surface area contributed by atoms with Gasteiger partial charge in [0.1, 0.15) is 5.82 Å². The average Bonchev–Trinajstić information content (AvgIpc) is 2.45. The fourth-order valence-corrected chi connectivity index (χ4v) is 2.43. The number of nitrogens with one attached hydrogen (secondary N) is 1. The molecule has 0 radical (unpaired) electrons. The highest BCUT2D eigenvalue weighted by Crippen LogP contribution is 2.19. The van der Waals surface area contributed by atoms with Crippen molar-refractivity contribution in [2.24, 2.45) is 5.73 Å². The maximum Gasteiger partial charge on any atom is 0.126 e. The Morgan fingerprint density at radius 3 is 2.75 bits per heavy atom. The molecule has 1 saturated carbocycles. The Hall–Kier alpha value is -1.64. The second kappa shape index (κ2) is 7.22. The van der Waals surface area contributed by atoms with Crippen LogP contribution in [0.25, 0.3) is 0 Å². The molecule has 1 aromatic carbocycles. The van der Waals surface area contributed by atoms with Crippen molar-refractivity contribution in [3.05, 3.63) is 29.6 Å². The summed E-state index contributed by atoms with van der Waals surface area (Å²) in [6.45, 7) is 1.16. The number of nitriles is 1. The van der Waals surface area contributed by atoms with Crippen LogP contribution < -0.4 is 11.1 Å². The molecular weight excluding hydrogens is 257 g/mol. The summed E-state index contributed by atoms with van der Waals surface area (Å²) in [5.41, 5.74) is 6.76. The zero-order valence-electron chi connectivity index (χ0n) is 11.4. The smallest absolute Gasteiger partial charge is 0.126 e. The summed E-state index contributed by atoms with van der Waals surface area (Å²) in [6.07, 6.45) is 4.36. The van der Waals surface area contributed by atoms with Gasteiger partial charge < -0.3 is 15.8 Å². The van der Waals surface area contributed by atoms with Crippen LogP contribution in [0, 0.1) is 17.1 Å². The quantitative estimate of drug-likeness (QED) is 0.811. The van der Waals surface area contributed by atoms with Gasteiger partial charge in [0.25, 0.3) is 0 Å². The van der Waals surface area contributed by atoms with Crippen LogP contribution in [-0.2, 0) is 4.74 Å².